The van der Waals surface area contributed by atoms with E-state index in [1.165, 1.54) is 52.5 Å². The third-order valence-corrected chi connectivity index (χ3v) is 10.5. The Kier molecular flexibility index (Phi) is 5.19. The van der Waals surface area contributed by atoms with Gasteiger partial charge in [-0.05, 0) is 68.7 Å². The molecule has 0 aliphatic heterocycles. The number of fused-ring (bicyclic) bond motifs is 11. The Morgan fingerprint density at radius 2 is 0.956 bits per heavy atom. The van der Waals surface area contributed by atoms with Crippen LogP contribution in [-0.4, -0.2) is 0 Å². The first-order valence-corrected chi connectivity index (χ1v) is 16.1. The molecule has 0 aliphatic rings. The van der Waals surface area contributed by atoms with Gasteiger partial charge in [-0.2, -0.15) is 0 Å². The summed E-state index contributed by atoms with van der Waals surface area (Å²) in [6, 6.07) is 54.8. The molecule has 10 aromatic rings. The Morgan fingerprint density at radius 1 is 0.378 bits per heavy atom. The van der Waals surface area contributed by atoms with Crippen LogP contribution in [0.3, 0.4) is 0 Å². The van der Waals surface area contributed by atoms with Crippen LogP contribution in [0.5, 0.6) is 0 Å². The third kappa shape index (κ3) is 3.68. The Labute approximate surface area is 263 Å². The first-order chi connectivity index (χ1) is 22.3. The van der Waals surface area contributed by atoms with Crippen molar-refractivity contribution < 1.29 is 4.42 Å². The van der Waals surface area contributed by atoms with Gasteiger partial charge in [0.05, 0.1) is 10.4 Å². The zero-order valence-electron chi connectivity index (χ0n) is 24.2. The molecule has 0 bridgehead atoms. The van der Waals surface area contributed by atoms with Crippen molar-refractivity contribution >= 4 is 103 Å². The number of anilines is 3. The van der Waals surface area contributed by atoms with E-state index in [2.05, 4.69) is 144 Å². The van der Waals surface area contributed by atoms with E-state index in [4.69, 9.17) is 4.42 Å². The quantitative estimate of drug-likeness (QED) is 0.190. The van der Waals surface area contributed by atoms with Crippen LogP contribution >= 0.6 is 11.3 Å². The van der Waals surface area contributed by atoms with Gasteiger partial charge in [-0.25, -0.2) is 0 Å². The van der Waals surface area contributed by atoms with Crippen molar-refractivity contribution in [3.63, 3.8) is 0 Å². The topological polar surface area (TPSA) is 16.4 Å². The lowest BCUT2D eigenvalue weighted by atomic mass is 10.0. The molecule has 10 rings (SSSR count). The average molecular weight is 592 g/mol. The summed E-state index contributed by atoms with van der Waals surface area (Å²) in [7, 11) is 0. The van der Waals surface area contributed by atoms with Gasteiger partial charge in [0.1, 0.15) is 11.2 Å². The SMILES string of the molecule is c1ccc2c(c1)ccc1ccc(N(c3ccc4c(c3)oc3ccccc34)c3cccc4c3sc3c5ccccc5ccc43)cc12. The van der Waals surface area contributed by atoms with Gasteiger partial charge in [0.25, 0.3) is 0 Å². The van der Waals surface area contributed by atoms with Gasteiger partial charge in [-0.1, -0.05) is 109 Å². The lowest BCUT2D eigenvalue weighted by Gasteiger charge is -2.26. The summed E-state index contributed by atoms with van der Waals surface area (Å²) in [5.74, 6) is 0. The monoisotopic (exact) mass is 591 g/mol. The number of rotatable bonds is 3. The molecule has 0 fully saturated rings. The van der Waals surface area contributed by atoms with Crippen LogP contribution in [0.15, 0.2) is 156 Å². The number of benzene rings is 8. The van der Waals surface area contributed by atoms with Crippen molar-refractivity contribution in [2.45, 2.75) is 0 Å². The van der Waals surface area contributed by atoms with E-state index in [1.54, 1.807) is 0 Å². The van der Waals surface area contributed by atoms with Crippen molar-refractivity contribution in [2.24, 2.45) is 0 Å². The van der Waals surface area contributed by atoms with Gasteiger partial charge in [0.15, 0.2) is 0 Å². The molecule has 210 valence electrons. The smallest absolute Gasteiger partial charge is 0.137 e. The lowest BCUT2D eigenvalue weighted by Crippen LogP contribution is -2.10. The number of thiophene rings is 1. The Bertz CT molecular complexity index is 2790. The zero-order chi connectivity index (χ0) is 29.5. The molecule has 2 nitrogen and oxygen atoms in total. The first kappa shape index (κ1) is 24.8. The first-order valence-electron chi connectivity index (χ1n) is 15.3. The highest BCUT2D eigenvalue weighted by Gasteiger charge is 2.20. The minimum atomic E-state index is 0.888. The van der Waals surface area contributed by atoms with Crippen molar-refractivity contribution in [3.8, 4) is 0 Å². The fourth-order valence-corrected chi connectivity index (χ4v) is 8.44. The van der Waals surface area contributed by atoms with Gasteiger partial charge in [0, 0.05) is 43.7 Å². The molecule has 0 spiro atoms. The summed E-state index contributed by atoms with van der Waals surface area (Å²) in [6.45, 7) is 0. The minimum Gasteiger partial charge on any atom is -0.456 e. The summed E-state index contributed by atoms with van der Waals surface area (Å²) < 4.78 is 9.00. The zero-order valence-corrected chi connectivity index (χ0v) is 25.0. The van der Waals surface area contributed by atoms with Crippen LogP contribution in [0, 0.1) is 0 Å². The van der Waals surface area contributed by atoms with E-state index in [9.17, 15) is 0 Å². The van der Waals surface area contributed by atoms with E-state index in [0.29, 0.717) is 0 Å². The molecule has 0 N–H and O–H groups in total. The van der Waals surface area contributed by atoms with E-state index < -0.39 is 0 Å². The number of furan rings is 1. The fraction of sp³-hybridized carbons (Fsp3) is 0. The van der Waals surface area contributed by atoms with Gasteiger partial charge >= 0.3 is 0 Å². The Hall–Kier alpha value is -5.64. The molecule has 0 radical (unpaired) electrons. The molecule has 45 heavy (non-hydrogen) atoms. The molecule has 0 amide bonds. The number of nitrogens with zero attached hydrogens (tertiary/aromatic N) is 1. The Balaban J connectivity index is 1.28. The van der Waals surface area contributed by atoms with E-state index in [1.807, 2.05) is 23.5 Å². The largest absolute Gasteiger partial charge is 0.456 e. The van der Waals surface area contributed by atoms with Crippen LogP contribution in [0.25, 0.3) is 74.4 Å². The highest BCUT2D eigenvalue weighted by atomic mass is 32.1. The van der Waals surface area contributed by atoms with E-state index >= 15 is 0 Å². The highest BCUT2D eigenvalue weighted by Crippen LogP contribution is 2.47. The standard InChI is InChI=1S/C42H25NOS/c1-3-10-31-26(8-1)16-17-28-18-20-29(24-37(28)31)43(30-21-23-34-33-12-5-6-15-39(33)44-40(34)25-30)38-14-7-13-35-36-22-19-27-9-2-4-11-32(27)41(36)45-42(35)38/h1-25H. The van der Waals surface area contributed by atoms with Crippen molar-refractivity contribution in [1.29, 1.82) is 0 Å². The van der Waals surface area contributed by atoms with Crippen molar-refractivity contribution in [2.75, 3.05) is 4.90 Å². The maximum absolute atomic E-state index is 6.40. The predicted molar refractivity (Wildman–Crippen MR) is 194 cm³/mol. The molecular weight excluding hydrogens is 567 g/mol. The molecule has 3 heteroatoms. The predicted octanol–water partition coefficient (Wildman–Crippen LogP) is 12.9. The second-order valence-electron chi connectivity index (χ2n) is 11.7. The van der Waals surface area contributed by atoms with Crippen LogP contribution in [0.4, 0.5) is 17.1 Å². The van der Waals surface area contributed by atoms with Crippen LogP contribution in [0.2, 0.25) is 0 Å². The van der Waals surface area contributed by atoms with Crippen molar-refractivity contribution in [1.82, 2.24) is 0 Å². The van der Waals surface area contributed by atoms with Crippen LogP contribution < -0.4 is 4.90 Å². The third-order valence-electron chi connectivity index (χ3n) is 9.22. The fourth-order valence-electron chi connectivity index (χ4n) is 7.10. The summed E-state index contributed by atoms with van der Waals surface area (Å²) in [5.41, 5.74) is 5.14. The van der Waals surface area contributed by atoms with E-state index in [0.717, 1.165) is 39.0 Å². The maximum Gasteiger partial charge on any atom is 0.137 e. The molecule has 2 heterocycles. The molecule has 8 aromatic carbocycles. The summed E-state index contributed by atoms with van der Waals surface area (Å²) in [6.07, 6.45) is 0. The lowest BCUT2D eigenvalue weighted by molar-refractivity contribution is 0.669. The normalized spacial score (nSPS) is 12.0. The molecule has 2 aromatic heterocycles. The second-order valence-corrected chi connectivity index (χ2v) is 12.7. The second kappa shape index (κ2) is 9.43. The molecule has 0 aliphatic carbocycles. The summed E-state index contributed by atoms with van der Waals surface area (Å²) in [5, 5.41) is 12.4. The number of hydrogen-bond acceptors (Lipinski definition) is 3. The van der Waals surface area contributed by atoms with Crippen LogP contribution in [-0.2, 0) is 0 Å². The Morgan fingerprint density at radius 3 is 1.84 bits per heavy atom. The number of para-hydroxylation sites is 1. The average Bonchev–Trinajstić information content (AvgIpc) is 3.67. The molecular formula is C42H25NOS. The van der Waals surface area contributed by atoms with Gasteiger partial charge in [-0.15, -0.1) is 11.3 Å². The van der Waals surface area contributed by atoms with Gasteiger partial charge < -0.3 is 9.32 Å². The minimum absolute atomic E-state index is 0.888. The molecule has 0 saturated heterocycles. The van der Waals surface area contributed by atoms with Crippen LogP contribution in [0.1, 0.15) is 0 Å². The van der Waals surface area contributed by atoms with Gasteiger partial charge in [0.2, 0.25) is 0 Å². The summed E-state index contributed by atoms with van der Waals surface area (Å²) >= 11 is 1.88. The molecule has 0 saturated carbocycles. The summed E-state index contributed by atoms with van der Waals surface area (Å²) in [4.78, 5) is 2.41. The molecule has 0 atom stereocenters. The van der Waals surface area contributed by atoms with E-state index in [-0.39, 0.29) is 0 Å². The molecule has 0 unspecified atom stereocenters. The van der Waals surface area contributed by atoms with Gasteiger partial charge in [-0.3, -0.25) is 0 Å². The highest BCUT2D eigenvalue weighted by molar-refractivity contribution is 7.27. The number of hydrogen-bond donors (Lipinski definition) is 0. The van der Waals surface area contributed by atoms with Crippen molar-refractivity contribution in [3.05, 3.63) is 152 Å². The maximum atomic E-state index is 6.40.